The molecule has 2 heterocycles. The number of benzene rings is 2. The standard InChI is InChI=1S/C28H24FN5O/c1-20-9-10-22(17-32-20)18-34(19-35)27-12-11-26(25-8-3-2-6-23(25)16-30)33-28(27)31-14-13-21-5-4-7-24(29)15-21/h2-12,15,17,19H,13-14,18H2,1H3,(H,31,33). The molecule has 0 unspecified atom stereocenters. The van der Waals surface area contributed by atoms with Crippen LogP contribution in [0.5, 0.6) is 0 Å². The summed E-state index contributed by atoms with van der Waals surface area (Å²) in [4.78, 5) is 22.7. The zero-order valence-electron chi connectivity index (χ0n) is 19.3. The predicted molar refractivity (Wildman–Crippen MR) is 134 cm³/mol. The zero-order chi connectivity index (χ0) is 24.6. The van der Waals surface area contributed by atoms with Gasteiger partial charge in [-0.25, -0.2) is 9.37 Å². The minimum Gasteiger partial charge on any atom is -0.368 e. The van der Waals surface area contributed by atoms with Crippen LogP contribution in [0.1, 0.15) is 22.4 Å². The van der Waals surface area contributed by atoms with Gasteiger partial charge in [-0.05, 0) is 60.9 Å². The van der Waals surface area contributed by atoms with Crippen molar-refractivity contribution in [1.82, 2.24) is 9.97 Å². The Balaban J connectivity index is 1.66. The highest BCUT2D eigenvalue weighted by atomic mass is 19.1. The Morgan fingerprint density at radius 2 is 1.91 bits per heavy atom. The van der Waals surface area contributed by atoms with Crippen LogP contribution in [0.25, 0.3) is 11.3 Å². The van der Waals surface area contributed by atoms with E-state index in [-0.39, 0.29) is 5.82 Å². The molecule has 1 N–H and O–H groups in total. The molecule has 1 amide bonds. The molecule has 0 radical (unpaired) electrons. The first-order valence-corrected chi connectivity index (χ1v) is 11.2. The lowest BCUT2D eigenvalue weighted by Gasteiger charge is -2.22. The van der Waals surface area contributed by atoms with Gasteiger partial charge >= 0.3 is 0 Å². The van der Waals surface area contributed by atoms with Gasteiger partial charge in [0.05, 0.1) is 29.6 Å². The number of hydrogen-bond donors (Lipinski definition) is 1. The fourth-order valence-electron chi connectivity index (χ4n) is 3.75. The molecule has 0 saturated heterocycles. The van der Waals surface area contributed by atoms with Gasteiger partial charge in [-0.2, -0.15) is 5.26 Å². The molecular formula is C28H24FN5O. The van der Waals surface area contributed by atoms with Crippen LogP contribution in [-0.4, -0.2) is 22.9 Å². The van der Waals surface area contributed by atoms with E-state index < -0.39 is 0 Å². The molecule has 2 aromatic carbocycles. The molecule has 2 aromatic heterocycles. The molecule has 4 aromatic rings. The van der Waals surface area contributed by atoms with Crippen LogP contribution in [0.2, 0.25) is 0 Å². The summed E-state index contributed by atoms with van der Waals surface area (Å²) in [6.45, 7) is 2.71. The second-order valence-corrected chi connectivity index (χ2v) is 8.07. The van der Waals surface area contributed by atoms with Crippen LogP contribution in [0.15, 0.2) is 79.0 Å². The number of halogens is 1. The van der Waals surface area contributed by atoms with Crippen molar-refractivity contribution in [2.24, 2.45) is 0 Å². The number of amides is 1. The summed E-state index contributed by atoms with van der Waals surface area (Å²) in [5, 5.41) is 12.8. The van der Waals surface area contributed by atoms with Crippen molar-refractivity contribution in [3.05, 3.63) is 107 Å². The summed E-state index contributed by atoms with van der Waals surface area (Å²) >= 11 is 0. The molecule has 0 aliphatic carbocycles. The molecule has 174 valence electrons. The molecule has 0 aliphatic heterocycles. The Hall–Kier alpha value is -4.57. The summed E-state index contributed by atoms with van der Waals surface area (Å²) in [6.07, 6.45) is 3.08. The Bertz CT molecular complexity index is 1360. The third-order valence-electron chi connectivity index (χ3n) is 5.55. The second-order valence-electron chi connectivity index (χ2n) is 8.07. The van der Waals surface area contributed by atoms with Gasteiger partial charge in [0.25, 0.3) is 0 Å². The first-order valence-electron chi connectivity index (χ1n) is 11.2. The van der Waals surface area contributed by atoms with E-state index in [9.17, 15) is 14.4 Å². The van der Waals surface area contributed by atoms with Crippen molar-refractivity contribution < 1.29 is 9.18 Å². The lowest BCUT2D eigenvalue weighted by Crippen LogP contribution is -2.23. The molecule has 0 atom stereocenters. The molecule has 0 saturated carbocycles. The predicted octanol–water partition coefficient (Wildman–Crippen LogP) is 5.28. The third-order valence-corrected chi connectivity index (χ3v) is 5.55. The van der Waals surface area contributed by atoms with Crippen LogP contribution in [-0.2, 0) is 17.8 Å². The van der Waals surface area contributed by atoms with E-state index in [1.165, 1.54) is 12.1 Å². The highest BCUT2D eigenvalue weighted by Gasteiger charge is 2.16. The number of nitriles is 1. The van der Waals surface area contributed by atoms with E-state index in [1.54, 1.807) is 35.4 Å². The zero-order valence-corrected chi connectivity index (χ0v) is 19.3. The molecule has 0 fully saturated rings. The average molecular weight is 466 g/mol. The van der Waals surface area contributed by atoms with Gasteiger partial charge in [0.15, 0.2) is 5.82 Å². The lowest BCUT2D eigenvalue weighted by atomic mass is 10.0. The van der Waals surface area contributed by atoms with Crippen LogP contribution < -0.4 is 10.2 Å². The maximum Gasteiger partial charge on any atom is 0.214 e. The van der Waals surface area contributed by atoms with E-state index in [2.05, 4.69) is 16.4 Å². The van der Waals surface area contributed by atoms with Crippen LogP contribution in [0, 0.1) is 24.1 Å². The minimum atomic E-state index is -0.282. The maximum atomic E-state index is 13.6. The van der Waals surface area contributed by atoms with Crippen molar-refractivity contribution in [3.63, 3.8) is 0 Å². The minimum absolute atomic E-state index is 0.282. The summed E-state index contributed by atoms with van der Waals surface area (Å²) in [5.41, 5.74) is 5.05. The topological polar surface area (TPSA) is 81.9 Å². The van der Waals surface area contributed by atoms with Gasteiger partial charge in [-0.1, -0.05) is 36.4 Å². The van der Waals surface area contributed by atoms with Gasteiger partial charge in [0.2, 0.25) is 6.41 Å². The quantitative estimate of drug-likeness (QED) is 0.340. The van der Waals surface area contributed by atoms with Crippen molar-refractivity contribution in [2.75, 3.05) is 16.8 Å². The fraction of sp³-hybridized carbons (Fsp3) is 0.143. The molecule has 4 rings (SSSR count). The van der Waals surface area contributed by atoms with Crippen LogP contribution in [0.3, 0.4) is 0 Å². The number of nitrogens with zero attached hydrogens (tertiary/aromatic N) is 4. The highest BCUT2D eigenvalue weighted by Crippen LogP contribution is 2.30. The number of rotatable bonds is 9. The van der Waals surface area contributed by atoms with Crippen LogP contribution >= 0.6 is 0 Å². The molecule has 7 heteroatoms. The number of aryl methyl sites for hydroxylation is 1. The monoisotopic (exact) mass is 465 g/mol. The third kappa shape index (κ3) is 5.87. The normalized spacial score (nSPS) is 10.4. The van der Waals surface area contributed by atoms with Crippen LogP contribution in [0.4, 0.5) is 15.9 Å². The van der Waals surface area contributed by atoms with Gasteiger partial charge in [0.1, 0.15) is 5.82 Å². The number of hydrogen-bond acceptors (Lipinski definition) is 5. The van der Waals surface area contributed by atoms with Crippen molar-refractivity contribution >= 4 is 17.9 Å². The number of anilines is 2. The average Bonchev–Trinajstić information content (AvgIpc) is 2.88. The molecule has 35 heavy (non-hydrogen) atoms. The Morgan fingerprint density at radius 1 is 1.06 bits per heavy atom. The lowest BCUT2D eigenvalue weighted by molar-refractivity contribution is -0.107. The maximum absolute atomic E-state index is 13.6. The summed E-state index contributed by atoms with van der Waals surface area (Å²) in [7, 11) is 0. The van der Waals surface area contributed by atoms with Gasteiger partial charge in [0, 0.05) is 24.0 Å². The number of aromatic nitrogens is 2. The smallest absolute Gasteiger partial charge is 0.214 e. The first-order chi connectivity index (χ1) is 17.1. The number of nitrogens with one attached hydrogen (secondary N) is 1. The fourth-order valence-corrected chi connectivity index (χ4v) is 3.75. The largest absolute Gasteiger partial charge is 0.368 e. The van der Waals surface area contributed by atoms with Gasteiger partial charge < -0.3 is 10.2 Å². The summed E-state index contributed by atoms with van der Waals surface area (Å²) in [6, 6.07) is 23.3. The molecule has 0 aliphatic rings. The van der Waals surface area contributed by atoms with Crippen molar-refractivity contribution in [1.29, 1.82) is 5.26 Å². The summed E-state index contributed by atoms with van der Waals surface area (Å²) in [5.74, 6) is 0.217. The molecular weight excluding hydrogens is 441 g/mol. The Morgan fingerprint density at radius 3 is 2.66 bits per heavy atom. The molecule has 0 spiro atoms. The second kappa shape index (κ2) is 11.0. The van der Waals surface area contributed by atoms with E-state index in [0.717, 1.165) is 23.2 Å². The first kappa shape index (κ1) is 23.6. The Labute approximate surface area is 203 Å². The number of pyridine rings is 2. The highest BCUT2D eigenvalue weighted by molar-refractivity contribution is 5.83. The van der Waals surface area contributed by atoms with Crippen molar-refractivity contribution in [3.8, 4) is 17.3 Å². The van der Waals surface area contributed by atoms with Gasteiger partial charge in [-0.3, -0.25) is 9.78 Å². The van der Waals surface area contributed by atoms with E-state index in [4.69, 9.17) is 4.98 Å². The number of carbonyl (C=O) groups is 1. The molecule has 6 nitrogen and oxygen atoms in total. The van der Waals surface area contributed by atoms with E-state index in [0.29, 0.717) is 47.8 Å². The SMILES string of the molecule is Cc1ccc(CN(C=O)c2ccc(-c3ccccc3C#N)nc2NCCc2cccc(F)c2)cn1. The van der Waals surface area contributed by atoms with Crippen molar-refractivity contribution in [2.45, 2.75) is 19.9 Å². The number of carbonyl (C=O) groups excluding carboxylic acids is 1. The van der Waals surface area contributed by atoms with E-state index in [1.807, 2.05) is 43.3 Å². The summed E-state index contributed by atoms with van der Waals surface area (Å²) < 4.78 is 13.6. The van der Waals surface area contributed by atoms with Gasteiger partial charge in [-0.15, -0.1) is 0 Å². The molecule has 0 bridgehead atoms. The van der Waals surface area contributed by atoms with E-state index >= 15 is 0 Å². The Kier molecular flexibility index (Phi) is 7.44.